The maximum atomic E-state index is 13.0. The molecule has 1 atom stereocenters. The smallest absolute Gasteiger partial charge is 0.252 e. The van der Waals surface area contributed by atoms with E-state index in [1.165, 1.54) is 5.56 Å². The summed E-state index contributed by atoms with van der Waals surface area (Å²) in [6.45, 7) is 3.37. The van der Waals surface area contributed by atoms with Gasteiger partial charge in [-0.25, -0.2) is 4.98 Å². The van der Waals surface area contributed by atoms with Crippen LogP contribution in [0, 0.1) is 6.92 Å². The number of hydrogen-bond donors (Lipinski definition) is 0. The van der Waals surface area contributed by atoms with Crippen LogP contribution in [0.1, 0.15) is 24.0 Å². The van der Waals surface area contributed by atoms with E-state index in [9.17, 15) is 4.79 Å². The van der Waals surface area contributed by atoms with Crippen molar-refractivity contribution in [1.82, 2.24) is 4.98 Å². The summed E-state index contributed by atoms with van der Waals surface area (Å²) in [5.74, 6) is -0.0647. The number of carbonyl (C=O) groups excluding carboxylic acids is 1. The van der Waals surface area contributed by atoms with E-state index in [2.05, 4.69) is 13.0 Å². The molecule has 27 heavy (non-hydrogen) atoms. The Morgan fingerprint density at radius 2 is 2.15 bits per heavy atom. The second-order valence-electron chi connectivity index (χ2n) is 6.80. The van der Waals surface area contributed by atoms with E-state index in [1.54, 1.807) is 22.3 Å². The number of thiazole rings is 1. The van der Waals surface area contributed by atoms with Crippen molar-refractivity contribution in [2.45, 2.75) is 25.9 Å². The van der Waals surface area contributed by atoms with Crippen LogP contribution in [0.4, 0.5) is 5.13 Å². The van der Waals surface area contributed by atoms with Crippen LogP contribution in [-0.2, 0) is 9.53 Å². The van der Waals surface area contributed by atoms with Crippen LogP contribution < -0.4 is 4.90 Å². The number of benzene rings is 2. The molecule has 0 spiro atoms. The lowest BCUT2D eigenvalue weighted by molar-refractivity contribution is -0.114. The van der Waals surface area contributed by atoms with E-state index in [0.29, 0.717) is 6.54 Å². The standard InChI is InChI=1S/C22H22N2O2S/c1-16-9-11-19-20(14-16)27-22(23-19)24(15-18-8-5-13-26-18)21(25)12-10-17-6-3-2-4-7-17/h2-4,6-7,9-12,14,18H,5,8,13,15H2,1H3/b12-10+. The maximum absolute atomic E-state index is 13.0. The van der Waals surface area contributed by atoms with Crippen molar-refractivity contribution in [1.29, 1.82) is 0 Å². The van der Waals surface area contributed by atoms with Gasteiger partial charge in [0.2, 0.25) is 0 Å². The quantitative estimate of drug-likeness (QED) is 0.597. The van der Waals surface area contributed by atoms with Gasteiger partial charge in [0, 0.05) is 12.7 Å². The van der Waals surface area contributed by atoms with Gasteiger partial charge in [-0.1, -0.05) is 47.7 Å². The average molecular weight is 378 g/mol. The summed E-state index contributed by atoms with van der Waals surface area (Å²) < 4.78 is 6.87. The SMILES string of the molecule is Cc1ccc2nc(N(CC3CCCO3)C(=O)/C=C/c3ccccc3)sc2c1. The molecule has 1 fully saturated rings. The van der Waals surface area contributed by atoms with E-state index in [0.717, 1.165) is 40.4 Å². The summed E-state index contributed by atoms with van der Waals surface area (Å²) in [6, 6.07) is 16.0. The molecule has 1 saturated heterocycles. The zero-order valence-corrected chi connectivity index (χ0v) is 16.1. The number of aryl methyl sites for hydroxylation is 1. The number of amides is 1. The molecule has 2 aromatic carbocycles. The maximum Gasteiger partial charge on any atom is 0.252 e. The number of hydrogen-bond acceptors (Lipinski definition) is 4. The number of aromatic nitrogens is 1. The molecule has 1 aromatic heterocycles. The lowest BCUT2D eigenvalue weighted by Crippen LogP contribution is -2.36. The predicted molar refractivity (Wildman–Crippen MR) is 111 cm³/mol. The Hall–Kier alpha value is -2.50. The highest BCUT2D eigenvalue weighted by molar-refractivity contribution is 7.22. The Kier molecular flexibility index (Phi) is 5.32. The van der Waals surface area contributed by atoms with E-state index in [-0.39, 0.29) is 12.0 Å². The lowest BCUT2D eigenvalue weighted by Gasteiger charge is -2.21. The molecule has 4 nitrogen and oxygen atoms in total. The molecule has 0 aliphatic carbocycles. The summed E-state index contributed by atoms with van der Waals surface area (Å²) in [4.78, 5) is 19.5. The number of rotatable bonds is 5. The minimum atomic E-state index is -0.0647. The minimum absolute atomic E-state index is 0.0647. The highest BCUT2D eigenvalue weighted by atomic mass is 32.1. The van der Waals surface area contributed by atoms with E-state index < -0.39 is 0 Å². The topological polar surface area (TPSA) is 42.4 Å². The molecule has 2 heterocycles. The van der Waals surface area contributed by atoms with Crippen LogP contribution >= 0.6 is 11.3 Å². The third kappa shape index (κ3) is 4.26. The second-order valence-corrected chi connectivity index (χ2v) is 7.80. The third-order valence-corrected chi connectivity index (χ3v) is 5.70. The van der Waals surface area contributed by atoms with Crippen molar-refractivity contribution in [2.24, 2.45) is 0 Å². The Labute approximate surface area is 163 Å². The molecule has 138 valence electrons. The second kappa shape index (κ2) is 8.03. The van der Waals surface area contributed by atoms with E-state index in [4.69, 9.17) is 9.72 Å². The fraction of sp³-hybridized carbons (Fsp3) is 0.273. The Morgan fingerprint density at radius 1 is 1.30 bits per heavy atom. The molecule has 0 N–H and O–H groups in total. The van der Waals surface area contributed by atoms with Gasteiger partial charge in [-0.05, 0) is 49.1 Å². The van der Waals surface area contributed by atoms with Crippen LogP contribution in [0.5, 0.6) is 0 Å². The highest BCUT2D eigenvalue weighted by Gasteiger charge is 2.25. The van der Waals surface area contributed by atoms with Gasteiger partial charge in [0.15, 0.2) is 5.13 Å². The summed E-state index contributed by atoms with van der Waals surface area (Å²) >= 11 is 1.56. The van der Waals surface area contributed by atoms with E-state index in [1.807, 2.05) is 48.5 Å². The molecule has 0 radical (unpaired) electrons. The third-order valence-electron chi connectivity index (χ3n) is 4.66. The van der Waals surface area contributed by atoms with Gasteiger partial charge in [-0.2, -0.15) is 0 Å². The summed E-state index contributed by atoms with van der Waals surface area (Å²) in [6.07, 6.45) is 5.58. The van der Waals surface area contributed by atoms with Gasteiger partial charge in [-0.15, -0.1) is 0 Å². The minimum Gasteiger partial charge on any atom is -0.376 e. The fourth-order valence-electron chi connectivity index (χ4n) is 3.21. The molecule has 1 amide bonds. The van der Waals surface area contributed by atoms with Gasteiger partial charge in [0.05, 0.1) is 22.9 Å². The summed E-state index contributed by atoms with van der Waals surface area (Å²) in [7, 11) is 0. The molecule has 0 saturated carbocycles. The molecule has 3 aromatic rings. The number of nitrogens with zero attached hydrogens (tertiary/aromatic N) is 2. The number of ether oxygens (including phenoxy) is 1. The van der Waals surface area contributed by atoms with Crippen molar-refractivity contribution in [3.8, 4) is 0 Å². The molecule has 1 aliphatic heterocycles. The predicted octanol–water partition coefficient (Wildman–Crippen LogP) is 4.83. The first-order chi connectivity index (χ1) is 13.2. The van der Waals surface area contributed by atoms with Crippen LogP contribution in [0.25, 0.3) is 16.3 Å². The molecule has 5 heteroatoms. The Balaban J connectivity index is 1.62. The number of carbonyl (C=O) groups is 1. The van der Waals surface area contributed by atoms with Crippen molar-refractivity contribution in [3.63, 3.8) is 0 Å². The zero-order valence-electron chi connectivity index (χ0n) is 15.3. The Morgan fingerprint density at radius 3 is 2.93 bits per heavy atom. The number of anilines is 1. The molecule has 0 bridgehead atoms. The van der Waals surface area contributed by atoms with Crippen LogP contribution in [0.2, 0.25) is 0 Å². The first kappa shape index (κ1) is 17.9. The molecular formula is C22H22N2O2S. The van der Waals surface area contributed by atoms with Gasteiger partial charge in [0.25, 0.3) is 5.91 Å². The highest BCUT2D eigenvalue weighted by Crippen LogP contribution is 2.30. The van der Waals surface area contributed by atoms with Gasteiger partial charge >= 0.3 is 0 Å². The Bertz CT molecular complexity index is 959. The van der Waals surface area contributed by atoms with Gasteiger partial charge in [-0.3, -0.25) is 9.69 Å². The van der Waals surface area contributed by atoms with Crippen molar-refractivity contribution in [3.05, 3.63) is 65.7 Å². The van der Waals surface area contributed by atoms with Crippen molar-refractivity contribution < 1.29 is 9.53 Å². The molecule has 1 unspecified atom stereocenters. The molecule has 1 aliphatic rings. The first-order valence-electron chi connectivity index (χ1n) is 9.22. The normalized spacial score (nSPS) is 17.0. The van der Waals surface area contributed by atoms with Crippen LogP contribution in [-0.4, -0.2) is 30.1 Å². The largest absolute Gasteiger partial charge is 0.376 e. The summed E-state index contributed by atoms with van der Waals surface area (Å²) in [5.41, 5.74) is 3.12. The van der Waals surface area contributed by atoms with Crippen molar-refractivity contribution >= 4 is 38.7 Å². The van der Waals surface area contributed by atoms with Crippen molar-refractivity contribution in [2.75, 3.05) is 18.1 Å². The molecular weight excluding hydrogens is 356 g/mol. The summed E-state index contributed by atoms with van der Waals surface area (Å²) in [5, 5.41) is 0.730. The van der Waals surface area contributed by atoms with E-state index >= 15 is 0 Å². The first-order valence-corrected chi connectivity index (χ1v) is 10.0. The van der Waals surface area contributed by atoms with Gasteiger partial charge in [0.1, 0.15) is 0 Å². The fourth-order valence-corrected chi connectivity index (χ4v) is 4.29. The monoisotopic (exact) mass is 378 g/mol. The van der Waals surface area contributed by atoms with Crippen LogP contribution in [0.15, 0.2) is 54.6 Å². The average Bonchev–Trinajstić information content (AvgIpc) is 3.34. The zero-order chi connectivity index (χ0) is 18.6. The number of fused-ring (bicyclic) bond motifs is 1. The lowest BCUT2D eigenvalue weighted by atomic mass is 10.2. The molecule has 4 rings (SSSR count). The van der Waals surface area contributed by atoms with Gasteiger partial charge < -0.3 is 4.74 Å². The van der Waals surface area contributed by atoms with Crippen LogP contribution in [0.3, 0.4) is 0 Å².